The molecule has 0 atom stereocenters. The number of aromatic nitrogens is 3. The van der Waals surface area contributed by atoms with Crippen LogP contribution in [0.2, 0.25) is 5.02 Å². The molecule has 172 valence electrons. The highest BCUT2D eigenvalue weighted by molar-refractivity contribution is 7.99. The molecular weight excluding hydrogens is 458 g/mol. The third kappa shape index (κ3) is 6.69. The van der Waals surface area contributed by atoms with Crippen molar-refractivity contribution in [3.63, 3.8) is 0 Å². The maximum absolute atomic E-state index is 12.6. The predicted molar refractivity (Wildman–Crippen MR) is 134 cm³/mol. The Morgan fingerprint density at radius 2 is 1.82 bits per heavy atom. The summed E-state index contributed by atoms with van der Waals surface area (Å²) in [7, 11) is 0. The molecule has 0 aliphatic carbocycles. The number of nitrogens with one attached hydrogen (secondary N) is 2. The lowest BCUT2D eigenvalue weighted by Crippen LogP contribution is -2.18. The third-order valence-electron chi connectivity index (χ3n) is 5.01. The molecule has 2 aromatic carbocycles. The Balaban J connectivity index is 1.63. The normalized spacial score (nSPS) is 10.7. The third-order valence-corrected chi connectivity index (χ3v) is 6.21. The zero-order valence-electron chi connectivity index (χ0n) is 18.8. The smallest absolute Gasteiger partial charge is 0.234 e. The van der Waals surface area contributed by atoms with Crippen LogP contribution in [0.5, 0.6) is 0 Å². The van der Waals surface area contributed by atoms with Gasteiger partial charge in [-0.2, -0.15) is 0 Å². The van der Waals surface area contributed by atoms with Crippen LogP contribution in [0.4, 0.5) is 11.4 Å². The van der Waals surface area contributed by atoms with Gasteiger partial charge in [-0.3, -0.25) is 9.59 Å². The molecule has 0 saturated heterocycles. The molecule has 1 aromatic heterocycles. The summed E-state index contributed by atoms with van der Waals surface area (Å²) < 4.78 is 1.79. The first kappa shape index (κ1) is 24.5. The molecule has 2 N–H and O–H groups in total. The molecule has 0 aliphatic rings. The number of hydrogen-bond acceptors (Lipinski definition) is 5. The second-order valence-electron chi connectivity index (χ2n) is 7.62. The molecule has 33 heavy (non-hydrogen) atoms. The monoisotopic (exact) mass is 483 g/mol. The van der Waals surface area contributed by atoms with Crippen LogP contribution in [0, 0.1) is 20.8 Å². The Morgan fingerprint density at radius 3 is 2.52 bits per heavy atom. The number of thioether (sulfide) groups is 1. The zero-order valence-corrected chi connectivity index (χ0v) is 20.4. The second-order valence-corrected chi connectivity index (χ2v) is 9.00. The molecule has 3 aromatic rings. The number of carbonyl (C=O) groups excluding carboxylic acids is 2. The van der Waals surface area contributed by atoms with Gasteiger partial charge in [-0.1, -0.05) is 35.5 Å². The van der Waals surface area contributed by atoms with E-state index in [-0.39, 0.29) is 24.0 Å². The van der Waals surface area contributed by atoms with Crippen molar-refractivity contribution in [2.75, 3.05) is 16.4 Å². The number of carbonyl (C=O) groups is 2. The van der Waals surface area contributed by atoms with Gasteiger partial charge in [-0.25, -0.2) is 0 Å². The Labute approximate surface area is 202 Å². The van der Waals surface area contributed by atoms with Gasteiger partial charge in [-0.15, -0.1) is 16.8 Å². The lowest BCUT2D eigenvalue weighted by Gasteiger charge is -2.10. The van der Waals surface area contributed by atoms with Crippen molar-refractivity contribution in [1.29, 1.82) is 0 Å². The molecule has 0 spiro atoms. The van der Waals surface area contributed by atoms with Gasteiger partial charge in [0.15, 0.2) is 5.16 Å². The van der Waals surface area contributed by atoms with E-state index < -0.39 is 0 Å². The topological polar surface area (TPSA) is 88.9 Å². The number of benzene rings is 2. The lowest BCUT2D eigenvalue weighted by molar-refractivity contribution is -0.116. The first-order valence-corrected chi connectivity index (χ1v) is 11.7. The fraction of sp³-hybridized carbons (Fsp3) is 0.250. The number of amides is 2. The number of hydrogen-bond donors (Lipinski definition) is 2. The minimum absolute atomic E-state index is 0.0600. The van der Waals surface area contributed by atoms with Crippen molar-refractivity contribution in [3.8, 4) is 0 Å². The zero-order chi connectivity index (χ0) is 24.0. The van der Waals surface area contributed by atoms with Crippen molar-refractivity contribution < 1.29 is 9.59 Å². The highest BCUT2D eigenvalue weighted by atomic mass is 35.5. The highest BCUT2D eigenvalue weighted by Gasteiger charge is 2.17. The summed E-state index contributed by atoms with van der Waals surface area (Å²) in [6, 6.07) is 11.1. The summed E-state index contributed by atoms with van der Waals surface area (Å²) in [6.45, 7) is 10.1. The molecule has 0 fully saturated rings. The van der Waals surface area contributed by atoms with Crippen LogP contribution in [-0.2, 0) is 22.6 Å². The maximum Gasteiger partial charge on any atom is 0.234 e. The van der Waals surface area contributed by atoms with Crippen molar-refractivity contribution in [1.82, 2.24) is 14.8 Å². The van der Waals surface area contributed by atoms with E-state index in [2.05, 4.69) is 27.4 Å². The van der Waals surface area contributed by atoms with Crippen LogP contribution < -0.4 is 10.6 Å². The Bertz CT molecular complexity index is 1190. The van der Waals surface area contributed by atoms with E-state index in [1.165, 1.54) is 11.8 Å². The molecule has 1 heterocycles. The number of halogens is 1. The summed E-state index contributed by atoms with van der Waals surface area (Å²) in [5.41, 5.74) is 4.60. The quantitative estimate of drug-likeness (QED) is 0.332. The first-order valence-electron chi connectivity index (χ1n) is 10.4. The minimum atomic E-state index is -0.191. The van der Waals surface area contributed by atoms with Gasteiger partial charge in [0, 0.05) is 22.9 Å². The molecule has 0 saturated carbocycles. The molecule has 0 unspecified atom stereocenters. The predicted octanol–water partition coefficient (Wildman–Crippen LogP) is 4.95. The van der Waals surface area contributed by atoms with Gasteiger partial charge in [0.05, 0.1) is 12.2 Å². The van der Waals surface area contributed by atoms with E-state index >= 15 is 0 Å². The standard InChI is InChI=1S/C24H26ClN5O2S/c1-5-10-30-21(13-22(31)26-19-8-6-15(2)16(3)12-19)28-29-24(30)33-14-23(32)27-20-9-7-18(25)11-17(20)4/h5-9,11-12H,1,10,13-14H2,2-4H3,(H,26,31)(H,27,32). The van der Waals surface area contributed by atoms with Crippen LogP contribution in [0.1, 0.15) is 22.5 Å². The van der Waals surface area contributed by atoms with Gasteiger partial charge in [-0.05, 0) is 67.8 Å². The van der Waals surface area contributed by atoms with Gasteiger partial charge in [0.1, 0.15) is 5.82 Å². The Kier molecular flexibility index (Phi) is 8.30. The summed E-state index contributed by atoms with van der Waals surface area (Å²) in [5, 5.41) is 15.3. The molecule has 2 amide bonds. The summed E-state index contributed by atoms with van der Waals surface area (Å²) in [5.74, 6) is 0.287. The van der Waals surface area contributed by atoms with E-state index in [1.54, 1.807) is 28.8 Å². The number of nitrogens with zero attached hydrogens (tertiary/aromatic N) is 3. The summed E-state index contributed by atoms with van der Waals surface area (Å²) in [6.07, 6.45) is 1.76. The van der Waals surface area contributed by atoms with E-state index in [1.807, 2.05) is 39.0 Å². The molecule has 0 aliphatic heterocycles. The second kappa shape index (κ2) is 11.2. The lowest BCUT2D eigenvalue weighted by atomic mass is 10.1. The van der Waals surface area contributed by atoms with Crippen molar-refractivity contribution in [3.05, 3.63) is 76.6 Å². The van der Waals surface area contributed by atoms with E-state index in [0.29, 0.717) is 28.2 Å². The average molecular weight is 484 g/mol. The average Bonchev–Trinajstić information content (AvgIpc) is 3.13. The number of anilines is 2. The van der Waals surface area contributed by atoms with E-state index in [4.69, 9.17) is 11.6 Å². The molecule has 7 nitrogen and oxygen atoms in total. The largest absolute Gasteiger partial charge is 0.326 e. The SMILES string of the molecule is C=CCn1c(CC(=O)Nc2ccc(C)c(C)c2)nnc1SCC(=O)Nc1ccc(Cl)cc1C. The van der Waals surface area contributed by atoms with Crippen LogP contribution >= 0.6 is 23.4 Å². The Hall–Kier alpha value is -3.10. The summed E-state index contributed by atoms with van der Waals surface area (Å²) >= 11 is 7.22. The molecule has 0 radical (unpaired) electrons. The highest BCUT2D eigenvalue weighted by Crippen LogP contribution is 2.22. The number of aryl methyl sites for hydroxylation is 3. The maximum atomic E-state index is 12.6. The molecule has 9 heteroatoms. The molecular formula is C24H26ClN5O2S. The van der Waals surface area contributed by atoms with Gasteiger partial charge in [0.25, 0.3) is 0 Å². The van der Waals surface area contributed by atoms with Gasteiger partial charge >= 0.3 is 0 Å². The van der Waals surface area contributed by atoms with E-state index in [9.17, 15) is 9.59 Å². The molecule has 3 rings (SSSR count). The summed E-state index contributed by atoms with van der Waals surface area (Å²) in [4.78, 5) is 25.0. The van der Waals surface area contributed by atoms with E-state index in [0.717, 1.165) is 22.4 Å². The van der Waals surface area contributed by atoms with Crippen molar-refractivity contribution in [2.45, 2.75) is 38.9 Å². The Morgan fingerprint density at radius 1 is 1.03 bits per heavy atom. The van der Waals surface area contributed by atoms with Crippen LogP contribution in [-0.4, -0.2) is 32.3 Å². The number of allylic oxidation sites excluding steroid dienone is 1. The van der Waals surface area contributed by atoms with Gasteiger partial charge in [0.2, 0.25) is 11.8 Å². The number of rotatable bonds is 9. The van der Waals surface area contributed by atoms with Crippen LogP contribution in [0.15, 0.2) is 54.2 Å². The molecule has 0 bridgehead atoms. The minimum Gasteiger partial charge on any atom is -0.326 e. The van der Waals surface area contributed by atoms with Crippen molar-refractivity contribution in [2.24, 2.45) is 0 Å². The fourth-order valence-electron chi connectivity index (χ4n) is 3.12. The van der Waals surface area contributed by atoms with Crippen molar-refractivity contribution >= 4 is 46.6 Å². The fourth-order valence-corrected chi connectivity index (χ4v) is 4.11. The van der Waals surface area contributed by atoms with Crippen LogP contribution in [0.25, 0.3) is 0 Å². The van der Waals surface area contributed by atoms with Gasteiger partial charge < -0.3 is 15.2 Å². The first-order chi connectivity index (χ1) is 15.8. The van der Waals surface area contributed by atoms with Crippen LogP contribution in [0.3, 0.4) is 0 Å².